The maximum atomic E-state index is 11.3. The maximum Gasteiger partial charge on any atom is 0.219 e. The van der Waals surface area contributed by atoms with Crippen LogP contribution in [0.4, 0.5) is 0 Å². The van der Waals surface area contributed by atoms with Crippen molar-refractivity contribution in [3.63, 3.8) is 0 Å². The molecule has 1 aliphatic heterocycles. The van der Waals surface area contributed by atoms with Crippen molar-refractivity contribution < 1.29 is 4.79 Å². The minimum absolute atomic E-state index is 0.141. The third-order valence-corrected chi connectivity index (χ3v) is 3.28. The highest BCUT2D eigenvalue weighted by Gasteiger charge is 2.16. The monoisotopic (exact) mass is 208 g/mol. The van der Waals surface area contributed by atoms with Crippen molar-refractivity contribution in [3.05, 3.63) is 23.9 Å². The molecule has 0 bridgehead atoms. The lowest BCUT2D eigenvalue weighted by Gasteiger charge is -2.17. The molecule has 0 aromatic carbocycles. The molecule has 0 atom stereocenters. The van der Waals surface area contributed by atoms with E-state index in [0.717, 1.165) is 22.9 Å². The molecule has 0 spiro atoms. The number of aromatic nitrogens is 1. The number of hydrogen-bond donors (Lipinski definition) is 0. The molecule has 1 aromatic rings. The van der Waals surface area contributed by atoms with Crippen molar-refractivity contribution >= 4 is 17.7 Å². The molecule has 0 fully saturated rings. The van der Waals surface area contributed by atoms with Gasteiger partial charge in [-0.3, -0.25) is 4.79 Å². The van der Waals surface area contributed by atoms with Crippen molar-refractivity contribution in [2.45, 2.75) is 18.5 Å². The molecule has 1 aromatic heterocycles. The Balaban J connectivity index is 2.26. The predicted octanol–water partition coefficient (Wildman–Crippen LogP) is 1.54. The molecule has 4 heteroatoms. The summed E-state index contributed by atoms with van der Waals surface area (Å²) in [6, 6.07) is 3.96. The molecule has 0 aliphatic carbocycles. The average molecular weight is 208 g/mol. The topological polar surface area (TPSA) is 33.2 Å². The second kappa shape index (κ2) is 4.00. The summed E-state index contributed by atoms with van der Waals surface area (Å²) in [7, 11) is 0. The molecule has 0 radical (unpaired) electrons. The van der Waals surface area contributed by atoms with Crippen LogP contribution in [-0.4, -0.2) is 28.1 Å². The van der Waals surface area contributed by atoms with Gasteiger partial charge in [0.1, 0.15) is 5.03 Å². The van der Waals surface area contributed by atoms with Crippen LogP contribution >= 0.6 is 11.8 Å². The molecular formula is C10H12N2OS. The average Bonchev–Trinajstić information content (AvgIpc) is 2.39. The summed E-state index contributed by atoms with van der Waals surface area (Å²) in [6.45, 7) is 3.13. The zero-order valence-electron chi connectivity index (χ0n) is 8.06. The van der Waals surface area contributed by atoms with Crippen LogP contribution in [0.3, 0.4) is 0 Å². The number of carbonyl (C=O) groups is 1. The number of nitrogens with zero attached hydrogens (tertiary/aromatic N) is 2. The maximum absolute atomic E-state index is 11.3. The van der Waals surface area contributed by atoms with Gasteiger partial charge < -0.3 is 4.90 Å². The highest BCUT2D eigenvalue weighted by Crippen LogP contribution is 2.24. The molecular weight excluding hydrogens is 196 g/mol. The van der Waals surface area contributed by atoms with Gasteiger partial charge in [-0.1, -0.05) is 6.07 Å². The second-order valence-corrected chi connectivity index (χ2v) is 4.34. The second-order valence-electron chi connectivity index (χ2n) is 3.26. The molecule has 1 amide bonds. The standard InChI is InChI=1S/C10H12N2OS/c1-8(13)12-5-6-14-10-9(7-12)3-2-4-11-10/h2-4H,5-7H2,1H3. The lowest BCUT2D eigenvalue weighted by molar-refractivity contribution is -0.129. The van der Waals surface area contributed by atoms with Gasteiger partial charge in [0.05, 0.1) is 0 Å². The molecule has 2 rings (SSSR count). The van der Waals surface area contributed by atoms with Gasteiger partial charge in [-0.05, 0) is 6.07 Å². The van der Waals surface area contributed by atoms with Gasteiger partial charge in [-0.2, -0.15) is 0 Å². The zero-order chi connectivity index (χ0) is 9.97. The van der Waals surface area contributed by atoms with Crippen LogP contribution in [0.5, 0.6) is 0 Å². The van der Waals surface area contributed by atoms with Crippen LogP contribution in [0.25, 0.3) is 0 Å². The van der Waals surface area contributed by atoms with Crippen molar-refractivity contribution in [1.29, 1.82) is 0 Å². The van der Waals surface area contributed by atoms with E-state index in [-0.39, 0.29) is 5.91 Å². The summed E-state index contributed by atoms with van der Waals surface area (Å²) in [5.41, 5.74) is 1.16. The Bertz CT molecular complexity index is 354. The number of rotatable bonds is 0. The summed E-state index contributed by atoms with van der Waals surface area (Å²) in [5, 5.41) is 1.07. The van der Waals surface area contributed by atoms with Gasteiger partial charge >= 0.3 is 0 Å². The molecule has 0 saturated carbocycles. The van der Waals surface area contributed by atoms with Gasteiger partial charge in [0.25, 0.3) is 0 Å². The molecule has 1 aliphatic rings. The molecule has 74 valence electrons. The summed E-state index contributed by atoms with van der Waals surface area (Å²) in [5.74, 6) is 1.08. The van der Waals surface area contributed by atoms with Crippen LogP contribution in [-0.2, 0) is 11.3 Å². The van der Waals surface area contributed by atoms with Gasteiger partial charge in [0, 0.05) is 37.5 Å². The largest absolute Gasteiger partial charge is 0.338 e. The Morgan fingerprint density at radius 1 is 1.64 bits per heavy atom. The highest BCUT2D eigenvalue weighted by atomic mass is 32.2. The van der Waals surface area contributed by atoms with E-state index in [2.05, 4.69) is 4.98 Å². The van der Waals surface area contributed by atoms with E-state index >= 15 is 0 Å². The Labute approximate surface area is 87.5 Å². The van der Waals surface area contributed by atoms with Gasteiger partial charge in [0.15, 0.2) is 0 Å². The normalized spacial score (nSPS) is 15.9. The third kappa shape index (κ3) is 1.90. The van der Waals surface area contributed by atoms with E-state index in [9.17, 15) is 4.79 Å². The lowest BCUT2D eigenvalue weighted by Crippen LogP contribution is -2.29. The van der Waals surface area contributed by atoms with E-state index in [0.29, 0.717) is 6.54 Å². The summed E-state index contributed by atoms with van der Waals surface area (Å²) < 4.78 is 0. The van der Waals surface area contributed by atoms with Gasteiger partial charge in [-0.25, -0.2) is 4.98 Å². The molecule has 14 heavy (non-hydrogen) atoms. The van der Waals surface area contributed by atoms with E-state index in [1.54, 1.807) is 24.9 Å². The van der Waals surface area contributed by atoms with Crippen molar-refractivity contribution in [1.82, 2.24) is 9.88 Å². The molecule has 0 unspecified atom stereocenters. The van der Waals surface area contributed by atoms with Crippen LogP contribution in [0.2, 0.25) is 0 Å². The number of pyridine rings is 1. The SMILES string of the molecule is CC(=O)N1CCSc2ncccc2C1. The number of thioether (sulfide) groups is 1. The Morgan fingerprint density at radius 2 is 2.50 bits per heavy atom. The first kappa shape index (κ1) is 9.52. The minimum Gasteiger partial charge on any atom is -0.338 e. The molecule has 2 heterocycles. The molecule has 0 N–H and O–H groups in total. The Hall–Kier alpha value is -1.03. The lowest BCUT2D eigenvalue weighted by atomic mass is 10.2. The summed E-state index contributed by atoms with van der Waals surface area (Å²) >= 11 is 1.73. The number of amides is 1. The van der Waals surface area contributed by atoms with Crippen LogP contribution in [0, 0.1) is 0 Å². The number of hydrogen-bond acceptors (Lipinski definition) is 3. The first-order valence-electron chi connectivity index (χ1n) is 4.59. The minimum atomic E-state index is 0.141. The van der Waals surface area contributed by atoms with Crippen LogP contribution < -0.4 is 0 Å². The summed E-state index contributed by atoms with van der Waals surface area (Å²) in [4.78, 5) is 17.4. The fraction of sp³-hybridized carbons (Fsp3) is 0.400. The summed E-state index contributed by atoms with van der Waals surface area (Å²) in [6.07, 6.45) is 1.80. The number of fused-ring (bicyclic) bond motifs is 1. The fourth-order valence-corrected chi connectivity index (χ4v) is 2.44. The van der Waals surface area contributed by atoms with Crippen molar-refractivity contribution in [2.75, 3.05) is 12.3 Å². The third-order valence-electron chi connectivity index (χ3n) is 2.26. The number of carbonyl (C=O) groups excluding carboxylic acids is 1. The van der Waals surface area contributed by atoms with Crippen LogP contribution in [0.1, 0.15) is 12.5 Å². The van der Waals surface area contributed by atoms with E-state index in [1.807, 2.05) is 17.0 Å². The van der Waals surface area contributed by atoms with E-state index in [1.165, 1.54) is 0 Å². The van der Waals surface area contributed by atoms with Crippen molar-refractivity contribution in [3.8, 4) is 0 Å². The Kier molecular flexibility index (Phi) is 2.72. The first-order valence-corrected chi connectivity index (χ1v) is 5.58. The first-order chi connectivity index (χ1) is 6.77. The quantitative estimate of drug-likeness (QED) is 0.648. The Morgan fingerprint density at radius 3 is 3.29 bits per heavy atom. The van der Waals surface area contributed by atoms with Gasteiger partial charge in [0.2, 0.25) is 5.91 Å². The van der Waals surface area contributed by atoms with E-state index < -0.39 is 0 Å². The predicted molar refractivity (Wildman–Crippen MR) is 56.1 cm³/mol. The zero-order valence-corrected chi connectivity index (χ0v) is 8.88. The van der Waals surface area contributed by atoms with Gasteiger partial charge in [-0.15, -0.1) is 11.8 Å². The fourth-order valence-electron chi connectivity index (χ4n) is 1.48. The van der Waals surface area contributed by atoms with Crippen LogP contribution in [0.15, 0.2) is 23.4 Å². The highest BCUT2D eigenvalue weighted by molar-refractivity contribution is 7.99. The molecule has 3 nitrogen and oxygen atoms in total. The van der Waals surface area contributed by atoms with Crippen molar-refractivity contribution in [2.24, 2.45) is 0 Å². The van der Waals surface area contributed by atoms with E-state index in [4.69, 9.17) is 0 Å². The molecule has 0 saturated heterocycles. The smallest absolute Gasteiger partial charge is 0.219 e.